The van der Waals surface area contributed by atoms with Crippen LogP contribution in [0.15, 0.2) is 24.3 Å². The van der Waals surface area contributed by atoms with Crippen molar-refractivity contribution in [2.45, 2.75) is 18.8 Å². The predicted molar refractivity (Wildman–Crippen MR) is 80.7 cm³/mol. The fourth-order valence-corrected chi connectivity index (χ4v) is 3.13. The number of rotatable bonds is 1. The topological polar surface area (TPSA) is 105 Å². The predicted octanol–water partition coefficient (Wildman–Crippen LogP) is 2.03. The van der Waals surface area contributed by atoms with Gasteiger partial charge in [0.2, 0.25) is 0 Å². The van der Waals surface area contributed by atoms with Crippen LogP contribution in [0.25, 0.3) is 0 Å². The molecule has 0 saturated heterocycles. The molecule has 2 heterocycles. The van der Waals surface area contributed by atoms with Gasteiger partial charge >= 0.3 is 0 Å². The van der Waals surface area contributed by atoms with E-state index in [1.54, 1.807) is 0 Å². The molecule has 2 aromatic rings. The van der Waals surface area contributed by atoms with E-state index in [2.05, 4.69) is 0 Å². The largest absolute Gasteiger partial charge is 0.508 e. The Kier molecular flexibility index (Phi) is 3.07. The minimum absolute atomic E-state index is 0.0300. The molecule has 0 amide bonds. The number of carbonyl (C=O) groups is 1. The van der Waals surface area contributed by atoms with Crippen LogP contribution in [0.2, 0.25) is 0 Å². The zero-order valence-electron chi connectivity index (χ0n) is 12.6. The van der Waals surface area contributed by atoms with Gasteiger partial charge in [0.05, 0.1) is 19.3 Å². The molecule has 124 valence electrons. The molecule has 7 nitrogen and oxygen atoms in total. The van der Waals surface area contributed by atoms with Gasteiger partial charge in [0.15, 0.2) is 29.5 Å². The van der Waals surface area contributed by atoms with Crippen LogP contribution in [0.3, 0.4) is 0 Å². The Balaban J connectivity index is 1.85. The Morgan fingerprint density at radius 1 is 1.08 bits per heavy atom. The highest BCUT2D eigenvalue weighted by Crippen LogP contribution is 2.46. The van der Waals surface area contributed by atoms with E-state index in [1.807, 2.05) is 0 Å². The Morgan fingerprint density at radius 3 is 2.62 bits per heavy atom. The van der Waals surface area contributed by atoms with Crippen molar-refractivity contribution in [3.63, 3.8) is 0 Å². The highest BCUT2D eigenvalue weighted by molar-refractivity contribution is 6.04. The van der Waals surface area contributed by atoms with Gasteiger partial charge in [0.1, 0.15) is 17.2 Å². The van der Waals surface area contributed by atoms with E-state index in [-0.39, 0.29) is 46.7 Å². The maximum atomic E-state index is 12.7. The molecule has 24 heavy (non-hydrogen) atoms. The van der Waals surface area contributed by atoms with Gasteiger partial charge in [0.25, 0.3) is 0 Å². The SMILES string of the molecule is COc1cc2c(cc1O)OC1c3cc(O)cc(O)c3COC1C2=O. The van der Waals surface area contributed by atoms with Gasteiger partial charge < -0.3 is 29.5 Å². The van der Waals surface area contributed by atoms with Crippen LogP contribution >= 0.6 is 0 Å². The fraction of sp³-hybridized carbons (Fsp3) is 0.235. The van der Waals surface area contributed by atoms with Crippen LogP contribution in [-0.4, -0.2) is 34.3 Å². The summed E-state index contributed by atoms with van der Waals surface area (Å²) in [5.41, 5.74) is 1.19. The second-order valence-electron chi connectivity index (χ2n) is 5.69. The van der Waals surface area contributed by atoms with Gasteiger partial charge in [-0.25, -0.2) is 0 Å². The average molecular weight is 330 g/mol. The molecule has 2 aromatic carbocycles. The molecule has 2 aliphatic heterocycles. The van der Waals surface area contributed by atoms with Crippen LogP contribution in [0.4, 0.5) is 0 Å². The molecule has 2 atom stereocenters. The molecule has 3 N–H and O–H groups in total. The van der Waals surface area contributed by atoms with Crippen molar-refractivity contribution < 1.29 is 34.3 Å². The molecule has 0 fully saturated rings. The third kappa shape index (κ3) is 1.98. The Morgan fingerprint density at radius 2 is 1.88 bits per heavy atom. The van der Waals surface area contributed by atoms with Crippen molar-refractivity contribution in [3.8, 4) is 28.7 Å². The van der Waals surface area contributed by atoms with Crippen molar-refractivity contribution in [1.29, 1.82) is 0 Å². The lowest BCUT2D eigenvalue weighted by atomic mass is 9.88. The molecule has 7 heteroatoms. The molecule has 0 radical (unpaired) electrons. The minimum atomic E-state index is -0.902. The Labute approximate surface area is 136 Å². The number of aromatic hydroxyl groups is 3. The number of hydrogen-bond acceptors (Lipinski definition) is 7. The van der Waals surface area contributed by atoms with E-state index in [4.69, 9.17) is 14.2 Å². The van der Waals surface area contributed by atoms with Crippen LogP contribution in [0, 0.1) is 0 Å². The highest BCUT2D eigenvalue weighted by Gasteiger charge is 2.44. The van der Waals surface area contributed by atoms with E-state index in [0.29, 0.717) is 11.1 Å². The third-order valence-corrected chi connectivity index (χ3v) is 4.29. The zero-order valence-corrected chi connectivity index (χ0v) is 12.6. The molecule has 2 unspecified atom stereocenters. The summed E-state index contributed by atoms with van der Waals surface area (Å²) in [6.07, 6.45) is -1.72. The number of Topliss-reactive ketones (excluding diaryl/α,β-unsaturated/α-hetero) is 1. The summed E-state index contributed by atoms with van der Waals surface area (Å²) >= 11 is 0. The maximum Gasteiger partial charge on any atom is 0.199 e. The second-order valence-corrected chi connectivity index (χ2v) is 5.69. The number of ether oxygens (including phenoxy) is 3. The molecule has 0 saturated carbocycles. The first kappa shape index (κ1) is 14.6. The number of ketones is 1. The second kappa shape index (κ2) is 5.04. The minimum Gasteiger partial charge on any atom is -0.508 e. The summed E-state index contributed by atoms with van der Waals surface area (Å²) in [6, 6.07) is 5.36. The number of phenolic OH excluding ortho intramolecular Hbond substituents is 3. The first-order valence-corrected chi connectivity index (χ1v) is 7.28. The van der Waals surface area contributed by atoms with Gasteiger partial charge in [-0.05, 0) is 12.1 Å². The number of carbonyl (C=O) groups excluding carboxylic acids is 1. The van der Waals surface area contributed by atoms with E-state index in [9.17, 15) is 20.1 Å². The van der Waals surface area contributed by atoms with Crippen LogP contribution in [0.5, 0.6) is 28.7 Å². The van der Waals surface area contributed by atoms with Crippen molar-refractivity contribution in [1.82, 2.24) is 0 Å². The van der Waals surface area contributed by atoms with Gasteiger partial charge in [-0.1, -0.05) is 0 Å². The van der Waals surface area contributed by atoms with Gasteiger partial charge in [0, 0.05) is 23.3 Å². The van der Waals surface area contributed by atoms with Crippen molar-refractivity contribution in [2.24, 2.45) is 0 Å². The van der Waals surface area contributed by atoms with Crippen molar-refractivity contribution in [2.75, 3.05) is 7.11 Å². The van der Waals surface area contributed by atoms with Crippen LogP contribution < -0.4 is 9.47 Å². The fourth-order valence-electron chi connectivity index (χ4n) is 3.13. The lowest BCUT2D eigenvalue weighted by Crippen LogP contribution is -2.41. The van der Waals surface area contributed by atoms with Crippen molar-refractivity contribution >= 4 is 5.78 Å². The van der Waals surface area contributed by atoms with Gasteiger partial charge in [-0.2, -0.15) is 0 Å². The number of methoxy groups -OCH3 is 1. The van der Waals surface area contributed by atoms with E-state index in [0.717, 1.165) is 0 Å². The molecule has 0 aliphatic carbocycles. The lowest BCUT2D eigenvalue weighted by molar-refractivity contribution is -0.0431. The van der Waals surface area contributed by atoms with E-state index in [1.165, 1.54) is 31.4 Å². The maximum absolute atomic E-state index is 12.7. The summed E-state index contributed by atoms with van der Waals surface area (Å²) in [5.74, 6) is -0.366. The van der Waals surface area contributed by atoms with E-state index >= 15 is 0 Å². The molecular weight excluding hydrogens is 316 g/mol. The Bertz CT molecular complexity index is 859. The van der Waals surface area contributed by atoms with Gasteiger partial charge in [-0.15, -0.1) is 0 Å². The van der Waals surface area contributed by atoms with Gasteiger partial charge in [-0.3, -0.25) is 4.79 Å². The summed E-state index contributed by atoms with van der Waals surface area (Å²) in [5, 5.41) is 29.6. The number of phenols is 3. The molecule has 0 spiro atoms. The standard InChI is InChI=1S/C17H14O7/c1-22-14-4-9-13(5-12(14)20)24-16-8-2-7(18)3-11(19)10(8)6-23-17(16)15(9)21/h2-5,16-20H,6H2,1H3. The third-order valence-electron chi connectivity index (χ3n) is 4.29. The average Bonchev–Trinajstić information content (AvgIpc) is 2.54. The van der Waals surface area contributed by atoms with Crippen molar-refractivity contribution in [3.05, 3.63) is 41.0 Å². The molecule has 4 rings (SSSR count). The molecule has 0 bridgehead atoms. The summed E-state index contributed by atoms with van der Waals surface area (Å²) in [4.78, 5) is 12.7. The monoisotopic (exact) mass is 330 g/mol. The summed E-state index contributed by atoms with van der Waals surface area (Å²) in [7, 11) is 1.39. The summed E-state index contributed by atoms with van der Waals surface area (Å²) < 4.78 is 16.4. The normalized spacial score (nSPS) is 21.3. The number of benzene rings is 2. The molecule has 0 aromatic heterocycles. The summed E-state index contributed by atoms with van der Waals surface area (Å²) in [6.45, 7) is 0.0300. The first-order chi connectivity index (χ1) is 11.5. The highest BCUT2D eigenvalue weighted by atomic mass is 16.6. The lowest BCUT2D eigenvalue weighted by Gasteiger charge is -2.37. The quantitative estimate of drug-likeness (QED) is 0.734. The molecule has 2 aliphatic rings. The Hall–Kier alpha value is -2.93. The van der Waals surface area contributed by atoms with E-state index < -0.39 is 12.2 Å². The van der Waals surface area contributed by atoms with Crippen LogP contribution in [-0.2, 0) is 11.3 Å². The molecular formula is C17H14O7. The van der Waals surface area contributed by atoms with Crippen LogP contribution in [0.1, 0.15) is 27.6 Å². The zero-order chi connectivity index (χ0) is 17.0. The first-order valence-electron chi connectivity index (χ1n) is 7.28. The number of hydrogen-bond donors (Lipinski definition) is 3. The smallest absolute Gasteiger partial charge is 0.199 e. The number of fused-ring (bicyclic) bond motifs is 4.